The first kappa shape index (κ1) is 28.2. The molecular weight excluding hydrogens is 524 g/mol. The minimum atomic E-state index is 0. The first-order valence-corrected chi connectivity index (χ1v) is 12.6. The molecule has 7 heteroatoms. The molecule has 1 aromatic heterocycles. The fourth-order valence-corrected chi connectivity index (χ4v) is 4.72. The van der Waals surface area contributed by atoms with Gasteiger partial charge < -0.3 is 9.64 Å². The van der Waals surface area contributed by atoms with Gasteiger partial charge in [0.25, 0.3) is 0 Å². The number of benzene rings is 2. The van der Waals surface area contributed by atoms with E-state index in [1.165, 1.54) is 31.8 Å². The molecule has 0 bridgehead atoms. The maximum Gasteiger partial charge on any atom is 2.00 e. The van der Waals surface area contributed by atoms with Gasteiger partial charge in [0.15, 0.2) is 0 Å². The number of ether oxygens (including phenoxy) is 1. The maximum absolute atomic E-state index is 6.21. The molecule has 2 heterocycles. The maximum atomic E-state index is 6.21. The molecule has 1 aliphatic heterocycles. The van der Waals surface area contributed by atoms with Crippen molar-refractivity contribution in [2.45, 2.75) is 12.8 Å². The number of methoxy groups -OCH3 is 1. The zero-order valence-corrected chi connectivity index (χ0v) is 22.5. The summed E-state index contributed by atoms with van der Waals surface area (Å²) in [5.41, 5.74) is 5.85. The van der Waals surface area contributed by atoms with Gasteiger partial charge in [-0.05, 0) is 114 Å². The second-order valence-corrected chi connectivity index (χ2v) is 9.29. The molecule has 3 aromatic rings. The van der Waals surface area contributed by atoms with Gasteiger partial charge >= 0.3 is 17.1 Å². The molecule has 0 amide bonds. The number of hydrogen-bond acceptors (Lipinski definition) is 5. The number of nitrogens with zero attached hydrogens (tertiary/aromatic N) is 3. The van der Waals surface area contributed by atoms with Gasteiger partial charge in [-0.3, -0.25) is 5.43 Å². The Kier molecular flexibility index (Phi) is 10.5. The molecule has 2 aliphatic carbocycles. The van der Waals surface area contributed by atoms with Gasteiger partial charge in [-0.15, -0.1) is 0 Å². The molecule has 37 heavy (non-hydrogen) atoms. The van der Waals surface area contributed by atoms with Gasteiger partial charge in [0, 0.05) is 40.4 Å². The van der Waals surface area contributed by atoms with Gasteiger partial charge in [-0.25, -0.2) is 4.98 Å². The van der Waals surface area contributed by atoms with Crippen LogP contribution in [0.4, 0.5) is 5.69 Å². The number of fused-ring (bicyclic) bond motifs is 2. The second kappa shape index (κ2) is 13.8. The van der Waals surface area contributed by atoms with E-state index in [0.29, 0.717) is 5.02 Å². The summed E-state index contributed by atoms with van der Waals surface area (Å²) in [5.74, 6) is 3.23. The van der Waals surface area contributed by atoms with E-state index in [2.05, 4.69) is 34.7 Å². The van der Waals surface area contributed by atoms with Crippen molar-refractivity contribution in [1.29, 1.82) is 0 Å². The number of likely N-dealkylation sites (tertiary alicyclic amines) is 1. The molecule has 0 spiro atoms. The molecule has 0 unspecified atom stereocenters. The summed E-state index contributed by atoms with van der Waals surface area (Å²) in [5, 5.41) is 7.17. The number of hydrogen-bond donors (Lipinski definition) is 1. The number of nitrogens with one attached hydrogen (secondary N) is 1. The number of halogens is 1. The Morgan fingerprint density at radius 3 is 2.43 bits per heavy atom. The zero-order valence-electron chi connectivity index (χ0n) is 20.7. The fourth-order valence-electron chi connectivity index (χ4n) is 4.55. The Morgan fingerprint density at radius 1 is 0.946 bits per heavy atom. The third kappa shape index (κ3) is 7.17. The van der Waals surface area contributed by atoms with Crippen molar-refractivity contribution in [3.8, 4) is 5.75 Å². The Balaban J connectivity index is 0.000000479. The average molecular weight is 553 g/mol. The van der Waals surface area contributed by atoms with Crippen LogP contribution in [0, 0.1) is 63.2 Å². The van der Waals surface area contributed by atoms with Crippen LogP contribution in [0.15, 0.2) is 41.5 Å². The minimum absolute atomic E-state index is 0. The minimum Gasteiger partial charge on any atom is -0.497 e. The SMILES string of the molecule is COc1ccc2nc3cc(Cl)ccc3c(N/N=C/[C]3[CH][CH][CH][C]3CN3CCCC3)c2c1.[CH]1[CH][CH][CH][CH]1.[Fe+2]. The number of hydrazone groups is 1. The van der Waals surface area contributed by atoms with E-state index in [1.54, 1.807) is 7.11 Å². The molecule has 10 radical (unpaired) electrons. The standard InChI is InChI=1S/C25H24ClN4O.C5H5.Fe/c1-31-20-8-10-23-22(14-20)25(21-9-7-19(26)13-24(21)28-23)29-27-15-17-5-4-6-18(17)16-30-11-2-3-12-30;1-2-4-5-3-1;/h4-10,13-15H,2-3,11-12,16H2,1H3,(H,28,29);1-5H;/q;;+2/b27-15+;;. The largest absolute Gasteiger partial charge is 2.00 e. The van der Waals surface area contributed by atoms with Crippen LogP contribution in [-0.4, -0.2) is 42.8 Å². The van der Waals surface area contributed by atoms with Crippen LogP contribution in [0.25, 0.3) is 21.8 Å². The summed E-state index contributed by atoms with van der Waals surface area (Å²) in [7, 11) is 1.66. The van der Waals surface area contributed by atoms with Crippen LogP contribution in [0.5, 0.6) is 5.75 Å². The van der Waals surface area contributed by atoms with Crippen LogP contribution in [0.3, 0.4) is 0 Å². The van der Waals surface area contributed by atoms with Crippen LogP contribution in [0.2, 0.25) is 5.02 Å². The molecule has 3 fully saturated rings. The van der Waals surface area contributed by atoms with E-state index in [1.807, 2.05) is 74.7 Å². The van der Waals surface area contributed by atoms with Crippen molar-refractivity contribution in [3.63, 3.8) is 0 Å². The van der Waals surface area contributed by atoms with E-state index in [0.717, 1.165) is 45.7 Å². The Bertz CT molecular complexity index is 1190. The Labute approximate surface area is 236 Å². The molecule has 5 nitrogen and oxygen atoms in total. The summed E-state index contributed by atoms with van der Waals surface area (Å²) in [6.07, 6.45) is 20.9. The Morgan fingerprint density at radius 2 is 1.70 bits per heavy atom. The van der Waals surface area contributed by atoms with Crippen molar-refractivity contribution in [2.24, 2.45) is 5.10 Å². The monoisotopic (exact) mass is 552 g/mol. The summed E-state index contributed by atoms with van der Waals surface area (Å²) in [6.45, 7) is 3.34. The molecule has 3 aliphatic rings. The Hall–Kier alpha value is -1.85. The molecule has 1 saturated heterocycles. The van der Waals surface area contributed by atoms with Crippen molar-refractivity contribution < 1.29 is 21.8 Å². The van der Waals surface area contributed by atoms with Gasteiger partial charge in [0.1, 0.15) is 5.75 Å². The third-order valence-corrected chi connectivity index (χ3v) is 6.65. The topological polar surface area (TPSA) is 49.8 Å². The predicted octanol–water partition coefficient (Wildman–Crippen LogP) is 6.34. The molecule has 6 rings (SSSR count). The van der Waals surface area contributed by atoms with Gasteiger partial charge in [0.05, 0.1) is 23.8 Å². The first-order valence-electron chi connectivity index (χ1n) is 12.2. The van der Waals surface area contributed by atoms with Crippen molar-refractivity contribution in [3.05, 3.63) is 105 Å². The number of pyridine rings is 1. The van der Waals surface area contributed by atoms with Crippen LogP contribution < -0.4 is 10.2 Å². The molecular formula is C30H29ClFeN4O+2. The normalized spacial score (nSPS) is 18.9. The van der Waals surface area contributed by atoms with E-state index >= 15 is 0 Å². The van der Waals surface area contributed by atoms with Gasteiger partial charge in [-0.2, -0.15) is 5.10 Å². The molecule has 188 valence electrons. The quantitative estimate of drug-likeness (QED) is 0.168. The van der Waals surface area contributed by atoms with Crippen molar-refractivity contribution >= 4 is 45.3 Å². The van der Waals surface area contributed by atoms with E-state index in [9.17, 15) is 0 Å². The fraction of sp³-hybridized carbons (Fsp3) is 0.200. The van der Waals surface area contributed by atoms with Crippen LogP contribution in [-0.2, 0) is 17.1 Å². The zero-order chi connectivity index (χ0) is 24.7. The van der Waals surface area contributed by atoms with Crippen molar-refractivity contribution in [1.82, 2.24) is 9.88 Å². The predicted molar refractivity (Wildman–Crippen MR) is 149 cm³/mol. The molecule has 2 aromatic carbocycles. The van der Waals surface area contributed by atoms with E-state index in [-0.39, 0.29) is 17.1 Å². The number of anilines is 1. The first-order chi connectivity index (χ1) is 17.7. The molecule has 2 saturated carbocycles. The summed E-state index contributed by atoms with van der Waals surface area (Å²) >= 11 is 6.21. The molecule has 1 N–H and O–H groups in total. The molecule has 0 atom stereocenters. The smallest absolute Gasteiger partial charge is 0.497 e. The van der Waals surface area contributed by atoms with Crippen molar-refractivity contribution in [2.75, 3.05) is 32.2 Å². The van der Waals surface area contributed by atoms with Gasteiger partial charge in [-0.1, -0.05) is 11.6 Å². The average Bonchev–Trinajstić information content (AvgIpc) is 3.69. The second-order valence-electron chi connectivity index (χ2n) is 8.85. The summed E-state index contributed by atoms with van der Waals surface area (Å²) in [6, 6.07) is 11.6. The summed E-state index contributed by atoms with van der Waals surface area (Å²) in [4.78, 5) is 7.27. The third-order valence-electron chi connectivity index (χ3n) is 6.42. The number of rotatable bonds is 6. The van der Waals surface area contributed by atoms with E-state index in [4.69, 9.17) is 21.3 Å². The van der Waals surface area contributed by atoms with Gasteiger partial charge in [0.2, 0.25) is 0 Å². The van der Waals surface area contributed by atoms with E-state index < -0.39 is 0 Å². The van der Waals surface area contributed by atoms with Crippen LogP contribution >= 0.6 is 11.6 Å². The van der Waals surface area contributed by atoms with Crippen LogP contribution in [0.1, 0.15) is 12.8 Å². The summed E-state index contributed by atoms with van der Waals surface area (Å²) < 4.78 is 5.43. The number of aromatic nitrogens is 1.